The molecule has 2 rings (SSSR count). The summed E-state index contributed by atoms with van der Waals surface area (Å²) in [5.41, 5.74) is -0.0460. The van der Waals surface area contributed by atoms with Gasteiger partial charge in [0.05, 0.1) is 6.33 Å². The van der Waals surface area contributed by atoms with Crippen LogP contribution >= 0.6 is 22.6 Å². The lowest BCUT2D eigenvalue weighted by molar-refractivity contribution is 0.385. The molecule has 5 nitrogen and oxygen atoms in total. The Balaban J connectivity index is 1.97. The Kier molecular flexibility index (Phi) is 4.99. The topological polar surface area (TPSA) is 61.0 Å². The summed E-state index contributed by atoms with van der Waals surface area (Å²) in [6.45, 7) is 6.25. The van der Waals surface area contributed by atoms with Gasteiger partial charge >= 0.3 is 0 Å². The minimum Gasteiger partial charge on any atom is -0.355 e. The number of H-pyrrole nitrogens is 1. The molecular weight excluding hydrogens is 343 g/mol. The maximum absolute atomic E-state index is 11.5. The van der Waals surface area contributed by atoms with Crippen molar-refractivity contribution in [1.29, 1.82) is 0 Å². The molecule has 0 radical (unpaired) electrons. The molecule has 2 N–H and O–H groups in total. The van der Waals surface area contributed by atoms with E-state index in [1.807, 2.05) is 0 Å². The van der Waals surface area contributed by atoms with Crippen LogP contribution in [0.2, 0.25) is 0 Å². The van der Waals surface area contributed by atoms with E-state index >= 15 is 0 Å². The van der Waals surface area contributed by atoms with Crippen molar-refractivity contribution in [1.82, 2.24) is 15.3 Å². The Hall–Kier alpha value is -0.630. The van der Waals surface area contributed by atoms with E-state index in [1.165, 1.54) is 6.33 Å². The van der Waals surface area contributed by atoms with E-state index in [9.17, 15) is 4.79 Å². The largest absolute Gasteiger partial charge is 0.355 e. The van der Waals surface area contributed by atoms with Crippen LogP contribution in [0.25, 0.3) is 0 Å². The average molecular weight is 362 g/mol. The predicted molar refractivity (Wildman–Crippen MR) is 81.1 cm³/mol. The zero-order chi connectivity index (χ0) is 13.0. The standard InChI is InChI=1S/C12H19IN4O/c1-2-14-7-9-3-5-17(6-4-9)11-10(13)12(18)16-8-15-11/h8-9,14H,2-7H2,1H3,(H,15,16,18). The molecule has 18 heavy (non-hydrogen) atoms. The lowest BCUT2D eigenvalue weighted by Gasteiger charge is -2.33. The molecule has 1 aliphatic rings. The number of hydrogen-bond acceptors (Lipinski definition) is 4. The minimum atomic E-state index is -0.0460. The Bertz CT molecular complexity index is 440. The second kappa shape index (κ2) is 6.51. The molecule has 1 saturated heterocycles. The van der Waals surface area contributed by atoms with Crippen molar-refractivity contribution in [3.05, 3.63) is 20.3 Å². The normalized spacial score (nSPS) is 17.1. The molecule has 100 valence electrons. The first kappa shape index (κ1) is 13.8. The van der Waals surface area contributed by atoms with Gasteiger partial charge in [0.1, 0.15) is 9.39 Å². The Morgan fingerprint density at radius 2 is 2.28 bits per heavy atom. The van der Waals surface area contributed by atoms with Crippen LogP contribution in [0.5, 0.6) is 0 Å². The number of nitrogens with one attached hydrogen (secondary N) is 2. The Morgan fingerprint density at radius 3 is 2.94 bits per heavy atom. The van der Waals surface area contributed by atoms with Crippen LogP contribution in [-0.2, 0) is 0 Å². The second-order valence-corrected chi connectivity index (χ2v) is 5.69. The number of aromatic amines is 1. The van der Waals surface area contributed by atoms with Gasteiger partial charge in [-0.2, -0.15) is 0 Å². The second-order valence-electron chi connectivity index (χ2n) is 4.61. The first-order valence-electron chi connectivity index (χ1n) is 6.41. The van der Waals surface area contributed by atoms with E-state index in [4.69, 9.17) is 0 Å². The molecule has 1 fully saturated rings. The van der Waals surface area contributed by atoms with Crippen LogP contribution in [0.3, 0.4) is 0 Å². The van der Waals surface area contributed by atoms with Crippen LogP contribution in [0, 0.1) is 9.49 Å². The smallest absolute Gasteiger partial charge is 0.266 e. The molecule has 0 amide bonds. The van der Waals surface area contributed by atoms with Gasteiger partial charge in [-0.05, 0) is 54.4 Å². The molecule has 2 heterocycles. The molecule has 0 spiro atoms. The third-order valence-electron chi connectivity index (χ3n) is 3.38. The van der Waals surface area contributed by atoms with E-state index in [1.54, 1.807) is 0 Å². The quantitative estimate of drug-likeness (QED) is 0.791. The van der Waals surface area contributed by atoms with E-state index in [0.29, 0.717) is 3.57 Å². The maximum atomic E-state index is 11.5. The van der Waals surface area contributed by atoms with Crippen molar-refractivity contribution in [3.8, 4) is 0 Å². The zero-order valence-corrected chi connectivity index (χ0v) is 12.7. The van der Waals surface area contributed by atoms with Gasteiger partial charge in [-0.25, -0.2) is 4.98 Å². The molecule has 0 aliphatic carbocycles. The SMILES string of the molecule is CCNCC1CCN(c2nc[nH]c(=O)c2I)CC1. The predicted octanol–water partition coefficient (Wildman–Crippen LogP) is 1.20. The molecule has 0 atom stereocenters. The molecule has 1 aromatic heterocycles. The van der Waals surface area contributed by atoms with Crippen molar-refractivity contribution in [2.45, 2.75) is 19.8 Å². The van der Waals surface area contributed by atoms with E-state index in [-0.39, 0.29) is 5.56 Å². The number of aromatic nitrogens is 2. The summed E-state index contributed by atoms with van der Waals surface area (Å²) in [4.78, 5) is 20.7. The van der Waals surface area contributed by atoms with Crippen LogP contribution in [-0.4, -0.2) is 36.1 Å². The van der Waals surface area contributed by atoms with Crippen molar-refractivity contribution in [2.24, 2.45) is 5.92 Å². The number of nitrogens with zero attached hydrogens (tertiary/aromatic N) is 2. The van der Waals surface area contributed by atoms with E-state index < -0.39 is 0 Å². The van der Waals surface area contributed by atoms with Crippen molar-refractivity contribution < 1.29 is 0 Å². The third kappa shape index (κ3) is 3.23. The highest BCUT2D eigenvalue weighted by Gasteiger charge is 2.21. The van der Waals surface area contributed by atoms with Crippen molar-refractivity contribution in [2.75, 3.05) is 31.1 Å². The van der Waals surface area contributed by atoms with Gasteiger partial charge in [-0.1, -0.05) is 6.92 Å². The van der Waals surface area contributed by atoms with Crippen LogP contribution in [0.1, 0.15) is 19.8 Å². The number of halogens is 1. The number of piperidine rings is 1. The lowest BCUT2D eigenvalue weighted by Crippen LogP contribution is -2.38. The Morgan fingerprint density at radius 1 is 1.56 bits per heavy atom. The Labute approximate surface area is 121 Å². The lowest BCUT2D eigenvalue weighted by atomic mass is 9.97. The third-order valence-corrected chi connectivity index (χ3v) is 4.35. The molecule has 0 saturated carbocycles. The highest BCUT2D eigenvalue weighted by Crippen LogP contribution is 2.23. The fourth-order valence-electron chi connectivity index (χ4n) is 2.29. The zero-order valence-electron chi connectivity index (χ0n) is 10.6. The minimum absolute atomic E-state index is 0.0460. The first-order chi connectivity index (χ1) is 8.72. The molecule has 0 bridgehead atoms. The molecule has 0 unspecified atom stereocenters. The van der Waals surface area contributed by atoms with Gasteiger partial charge in [-0.15, -0.1) is 0 Å². The molecule has 1 aliphatic heterocycles. The van der Waals surface area contributed by atoms with Gasteiger partial charge in [-0.3, -0.25) is 4.79 Å². The summed E-state index contributed by atoms with van der Waals surface area (Å²) in [6, 6.07) is 0. The van der Waals surface area contributed by atoms with Crippen LogP contribution < -0.4 is 15.8 Å². The van der Waals surface area contributed by atoms with E-state index in [0.717, 1.165) is 50.8 Å². The number of anilines is 1. The summed E-state index contributed by atoms with van der Waals surface area (Å²) in [5.74, 6) is 1.59. The highest BCUT2D eigenvalue weighted by atomic mass is 127. The van der Waals surface area contributed by atoms with Gasteiger partial charge in [0.15, 0.2) is 0 Å². The number of hydrogen-bond donors (Lipinski definition) is 2. The highest BCUT2D eigenvalue weighted by molar-refractivity contribution is 14.1. The summed E-state index contributed by atoms with van der Waals surface area (Å²) in [7, 11) is 0. The summed E-state index contributed by atoms with van der Waals surface area (Å²) >= 11 is 2.07. The fraction of sp³-hybridized carbons (Fsp3) is 0.667. The van der Waals surface area contributed by atoms with Gasteiger partial charge in [0.2, 0.25) is 0 Å². The fourth-order valence-corrected chi connectivity index (χ4v) is 2.93. The van der Waals surface area contributed by atoms with Gasteiger partial charge < -0.3 is 15.2 Å². The molecule has 6 heteroatoms. The van der Waals surface area contributed by atoms with Crippen molar-refractivity contribution >= 4 is 28.4 Å². The molecule has 0 aromatic carbocycles. The van der Waals surface area contributed by atoms with Gasteiger partial charge in [0, 0.05) is 13.1 Å². The van der Waals surface area contributed by atoms with E-state index in [2.05, 4.69) is 49.7 Å². The van der Waals surface area contributed by atoms with Crippen LogP contribution in [0.4, 0.5) is 5.82 Å². The molecule has 1 aromatic rings. The summed E-state index contributed by atoms with van der Waals surface area (Å²) in [6.07, 6.45) is 3.82. The van der Waals surface area contributed by atoms with Crippen LogP contribution in [0.15, 0.2) is 11.1 Å². The summed E-state index contributed by atoms with van der Waals surface area (Å²) < 4.78 is 0.695. The maximum Gasteiger partial charge on any atom is 0.266 e. The summed E-state index contributed by atoms with van der Waals surface area (Å²) in [5, 5.41) is 3.40. The van der Waals surface area contributed by atoms with Crippen molar-refractivity contribution in [3.63, 3.8) is 0 Å². The average Bonchev–Trinajstić information content (AvgIpc) is 2.40. The molecular formula is C12H19IN4O. The first-order valence-corrected chi connectivity index (χ1v) is 7.49. The number of rotatable bonds is 4. The van der Waals surface area contributed by atoms with Gasteiger partial charge in [0.25, 0.3) is 5.56 Å². The monoisotopic (exact) mass is 362 g/mol.